The zero-order chi connectivity index (χ0) is 15.6. The van der Waals surface area contributed by atoms with Crippen LogP contribution in [-0.2, 0) is 16.1 Å². The Kier molecular flexibility index (Phi) is 4.07. The molecule has 0 aliphatic heterocycles. The van der Waals surface area contributed by atoms with E-state index in [2.05, 4.69) is 4.98 Å². The number of nitrogens with zero attached hydrogens (tertiary/aromatic N) is 2. The van der Waals surface area contributed by atoms with E-state index in [9.17, 15) is 14.7 Å². The van der Waals surface area contributed by atoms with E-state index in [1.165, 1.54) is 6.92 Å². The highest BCUT2D eigenvalue weighted by molar-refractivity contribution is 6.06. The predicted molar refractivity (Wildman–Crippen MR) is 78.5 cm³/mol. The number of ether oxygens (including phenoxy) is 1. The Morgan fingerprint density at radius 1 is 1.24 bits per heavy atom. The second-order valence-corrected chi connectivity index (χ2v) is 4.81. The Hall–Kier alpha value is -2.63. The van der Waals surface area contributed by atoms with Crippen LogP contribution in [0.5, 0.6) is 0 Å². The fourth-order valence-electron chi connectivity index (χ4n) is 2.05. The molecular weight excluding hydrogens is 272 g/mol. The monoisotopic (exact) mass is 288 g/mol. The number of hydrogen-bond donors (Lipinski definition) is 1. The van der Waals surface area contributed by atoms with Crippen LogP contribution in [0.25, 0.3) is 10.9 Å². The summed E-state index contributed by atoms with van der Waals surface area (Å²) in [6.07, 6.45) is 0. The van der Waals surface area contributed by atoms with Crippen LogP contribution in [0.4, 0.5) is 5.69 Å². The molecular formula is C15H16N2O4. The summed E-state index contributed by atoms with van der Waals surface area (Å²) >= 11 is 0. The number of aromatic nitrogens is 1. The molecule has 1 N–H and O–H groups in total. The average molecular weight is 288 g/mol. The van der Waals surface area contributed by atoms with Gasteiger partial charge in [-0.25, -0.2) is 9.78 Å². The third kappa shape index (κ3) is 3.10. The molecule has 0 aliphatic carbocycles. The van der Waals surface area contributed by atoms with Crippen molar-refractivity contribution in [1.29, 1.82) is 0 Å². The lowest BCUT2D eigenvalue weighted by molar-refractivity contribution is -0.142. The Labute approximate surface area is 122 Å². The summed E-state index contributed by atoms with van der Waals surface area (Å²) in [5.41, 5.74) is 2.15. The second-order valence-electron chi connectivity index (χ2n) is 4.81. The first-order valence-corrected chi connectivity index (χ1v) is 6.36. The Morgan fingerprint density at radius 3 is 2.52 bits per heavy atom. The number of fused-ring (bicyclic) bond motifs is 1. The summed E-state index contributed by atoms with van der Waals surface area (Å²) in [6.45, 7) is 1.39. The summed E-state index contributed by atoms with van der Waals surface area (Å²) < 4.78 is 4.92. The molecule has 1 heterocycles. The van der Waals surface area contributed by atoms with Gasteiger partial charge in [-0.15, -0.1) is 0 Å². The van der Waals surface area contributed by atoms with Crippen molar-refractivity contribution in [2.24, 2.45) is 0 Å². The number of hydrogen-bond acceptors (Lipinski definition) is 5. The number of carbonyl (C=O) groups is 2. The van der Waals surface area contributed by atoms with Gasteiger partial charge < -0.3 is 14.7 Å². The molecule has 0 bridgehead atoms. The van der Waals surface area contributed by atoms with E-state index in [1.807, 2.05) is 19.0 Å². The van der Waals surface area contributed by atoms with Gasteiger partial charge in [0.25, 0.3) is 0 Å². The standard InChI is InChI=1S/C15H16N2O4/c1-9(18)21-8-10-4-5-11-12(15(19)20)6-7-13(17(2)3)14(11)16-10/h4-7H,8H2,1-3H3,(H,19,20). The van der Waals surface area contributed by atoms with Gasteiger partial charge in [0.15, 0.2) is 0 Å². The molecule has 0 fully saturated rings. The maximum absolute atomic E-state index is 11.3. The van der Waals surface area contributed by atoms with Crippen LogP contribution < -0.4 is 4.90 Å². The number of carbonyl (C=O) groups excluding carboxylic acids is 1. The first kappa shape index (κ1) is 14.8. The van der Waals surface area contributed by atoms with E-state index in [0.29, 0.717) is 16.6 Å². The molecule has 0 spiro atoms. The fraction of sp³-hybridized carbons (Fsp3) is 0.267. The van der Waals surface area contributed by atoms with Crippen LogP contribution in [0.1, 0.15) is 23.0 Å². The third-order valence-electron chi connectivity index (χ3n) is 3.03. The van der Waals surface area contributed by atoms with Gasteiger partial charge in [-0.05, 0) is 24.3 Å². The van der Waals surface area contributed by atoms with Gasteiger partial charge in [-0.3, -0.25) is 4.79 Å². The quantitative estimate of drug-likeness (QED) is 0.867. The molecule has 6 heteroatoms. The van der Waals surface area contributed by atoms with Crippen LogP contribution in [-0.4, -0.2) is 36.1 Å². The molecule has 0 unspecified atom stereocenters. The number of carboxylic acid groups (broad SMARTS) is 1. The van der Waals surface area contributed by atoms with Crippen LogP contribution >= 0.6 is 0 Å². The van der Waals surface area contributed by atoms with Gasteiger partial charge >= 0.3 is 11.9 Å². The van der Waals surface area contributed by atoms with Crippen molar-refractivity contribution in [3.8, 4) is 0 Å². The van der Waals surface area contributed by atoms with Crippen LogP contribution in [0, 0.1) is 0 Å². The van der Waals surface area contributed by atoms with Crippen LogP contribution in [0.3, 0.4) is 0 Å². The van der Waals surface area contributed by atoms with Crippen LogP contribution in [0.2, 0.25) is 0 Å². The number of carboxylic acids is 1. The molecule has 2 rings (SSSR count). The SMILES string of the molecule is CC(=O)OCc1ccc2c(C(=O)O)ccc(N(C)C)c2n1. The van der Waals surface area contributed by atoms with Gasteiger partial charge in [-0.2, -0.15) is 0 Å². The summed E-state index contributed by atoms with van der Waals surface area (Å²) in [7, 11) is 3.71. The number of esters is 1. The Morgan fingerprint density at radius 2 is 1.95 bits per heavy atom. The van der Waals surface area contributed by atoms with Gasteiger partial charge in [0, 0.05) is 26.4 Å². The maximum Gasteiger partial charge on any atom is 0.336 e. The second kappa shape index (κ2) is 5.78. The van der Waals surface area contributed by atoms with Gasteiger partial charge in [0.2, 0.25) is 0 Å². The summed E-state index contributed by atoms with van der Waals surface area (Å²) in [6, 6.07) is 6.64. The zero-order valence-corrected chi connectivity index (χ0v) is 12.1. The van der Waals surface area contributed by atoms with Crippen molar-refractivity contribution in [3.63, 3.8) is 0 Å². The van der Waals surface area contributed by atoms with E-state index in [-0.39, 0.29) is 18.1 Å². The molecule has 0 aliphatic rings. The van der Waals surface area contributed by atoms with E-state index in [1.54, 1.807) is 24.3 Å². The fourth-order valence-corrected chi connectivity index (χ4v) is 2.05. The van der Waals surface area contributed by atoms with Crippen molar-refractivity contribution in [2.75, 3.05) is 19.0 Å². The third-order valence-corrected chi connectivity index (χ3v) is 3.03. The normalized spacial score (nSPS) is 10.4. The highest BCUT2D eigenvalue weighted by Crippen LogP contribution is 2.27. The molecule has 0 amide bonds. The van der Waals surface area contributed by atoms with Crippen molar-refractivity contribution < 1.29 is 19.4 Å². The van der Waals surface area contributed by atoms with Crippen molar-refractivity contribution >= 4 is 28.5 Å². The predicted octanol–water partition coefficient (Wildman–Crippen LogP) is 2.06. The van der Waals surface area contributed by atoms with E-state index < -0.39 is 5.97 Å². The van der Waals surface area contributed by atoms with Gasteiger partial charge in [-0.1, -0.05) is 0 Å². The Bertz CT molecular complexity index is 710. The lowest BCUT2D eigenvalue weighted by Gasteiger charge is -2.16. The summed E-state index contributed by atoms with van der Waals surface area (Å²) in [4.78, 5) is 28.4. The van der Waals surface area contributed by atoms with E-state index in [0.717, 1.165) is 5.69 Å². The molecule has 110 valence electrons. The smallest absolute Gasteiger partial charge is 0.336 e. The number of pyridine rings is 1. The molecule has 0 saturated carbocycles. The van der Waals surface area contributed by atoms with Crippen LogP contribution in [0.15, 0.2) is 24.3 Å². The number of anilines is 1. The van der Waals surface area contributed by atoms with E-state index in [4.69, 9.17) is 4.74 Å². The first-order valence-electron chi connectivity index (χ1n) is 6.36. The minimum atomic E-state index is -1.00. The molecule has 0 radical (unpaired) electrons. The minimum Gasteiger partial charge on any atom is -0.478 e. The minimum absolute atomic E-state index is 0.0649. The number of aromatic carboxylic acids is 1. The number of rotatable bonds is 4. The molecule has 6 nitrogen and oxygen atoms in total. The van der Waals surface area contributed by atoms with Crippen molar-refractivity contribution in [2.45, 2.75) is 13.5 Å². The van der Waals surface area contributed by atoms with E-state index >= 15 is 0 Å². The highest BCUT2D eigenvalue weighted by atomic mass is 16.5. The first-order chi connectivity index (χ1) is 9.90. The maximum atomic E-state index is 11.3. The molecule has 1 aromatic carbocycles. The van der Waals surface area contributed by atoms with Crippen molar-refractivity contribution in [1.82, 2.24) is 4.98 Å². The van der Waals surface area contributed by atoms with Gasteiger partial charge in [0.05, 0.1) is 22.5 Å². The molecule has 0 saturated heterocycles. The lowest BCUT2D eigenvalue weighted by atomic mass is 10.1. The highest BCUT2D eigenvalue weighted by Gasteiger charge is 2.14. The molecule has 2 aromatic rings. The largest absolute Gasteiger partial charge is 0.478 e. The average Bonchev–Trinajstić information content (AvgIpc) is 2.43. The van der Waals surface area contributed by atoms with Crippen molar-refractivity contribution in [3.05, 3.63) is 35.5 Å². The summed E-state index contributed by atoms with van der Waals surface area (Å²) in [5.74, 6) is -1.39. The zero-order valence-electron chi connectivity index (χ0n) is 12.1. The molecule has 0 atom stereocenters. The topological polar surface area (TPSA) is 79.7 Å². The molecule has 21 heavy (non-hydrogen) atoms. The summed E-state index contributed by atoms with van der Waals surface area (Å²) in [5, 5.41) is 9.80. The Balaban J connectivity index is 2.59. The van der Waals surface area contributed by atoms with Gasteiger partial charge in [0.1, 0.15) is 6.61 Å². The lowest BCUT2D eigenvalue weighted by Crippen LogP contribution is -2.11. The number of benzene rings is 1. The molecule has 1 aromatic heterocycles.